The van der Waals surface area contributed by atoms with Crippen molar-refractivity contribution in [3.63, 3.8) is 0 Å². The highest BCUT2D eigenvalue weighted by Gasteiger charge is 2.49. The summed E-state index contributed by atoms with van der Waals surface area (Å²) in [6.07, 6.45) is 1.51. The molecule has 1 aliphatic heterocycles. The van der Waals surface area contributed by atoms with E-state index in [4.69, 9.17) is 16.3 Å². The highest BCUT2D eigenvalue weighted by atomic mass is 35.5. The Morgan fingerprint density at radius 3 is 2.61 bits per heavy atom. The molecule has 4 aromatic rings. The zero-order valence-electron chi connectivity index (χ0n) is 18.5. The molecule has 1 fully saturated rings. The average Bonchev–Trinajstić information content (AvgIpc) is 3.42. The minimum Gasteiger partial charge on any atom is -0.507 e. The van der Waals surface area contributed by atoms with Gasteiger partial charge < -0.3 is 14.9 Å². The van der Waals surface area contributed by atoms with E-state index in [2.05, 4.69) is 9.97 Å². The number of anilines is 1. The maximum atomic E-state index is 13.3. The van der Waals surface area contributed by atoms with Gasteiger partial charge in [-0.1, -0.05) is 29.0 Å². The van der Waals surface area contributed by atoms with Crippen LogP contribution in [0.2, 0.25) is 5.02 Å². The number of carbonyl (C=O) groups excluding carboxylic acids is 2. The van der Waals surface area contributed by atoms with Crippen LogP contribution in [0.15, 0.2) is 66.4 Å². The number of benzene rings is 2. The second-order valence-corrected chi connectivity index (χ2v) is 9.17. The van der Waals surface area contributed by atoms with E-state index < -0.39 is 29.5 Å². The number of halogens is 1. The van der Waals surface area contributed by atoms with E-state index >= 15 is 0 Å². The molecule has 1 saturated heterocycles. The van der Waals surface area contributed by atoms with Gasteiger partial charge in [0.15, 0.2) is 5.13 Å². The quantitative estimate of drug-likeness (QED) is 0.220. The number of ether oxygens (including phenoxy) is 1. The molecule has 1 amide bonds. The summed E-state index contributed by atoms with van der Waals surface area (Å²) in [5.41, 5.74) is 0.749. The Morgan fingerprint density at radius 1 is 1.11 bits per heavy atom. The maximum Gasteiger partial charge on any atom is 0.335 e. The molecule has 1 unspecified atom stereocenters. The summed E-state index contributed by atoms with van der Waals surface area (Å²) < 4.78 is 5.73. The summed E-state index contributed by atoms with van der Waals surface area (Å²) in [6.45, 7) is 0. The maximum absolute atomic E-state index is 13.3. The fourth-order valence-electron chi connectivity index (χ4n) is 3.95. The van der Waals surface area contributed by atoms with E-state index in [9.17, 15) is 24.6 Å². The lowest BCUT2D eigenvalue weighted by Crippen LogP contribution is -2.29. The number of hydrogen-bond acceptors (Lipinski definition) is 8. The Kier molecular flexibility index (Phi) is 5.91. The molecule has 2 aromatic heterocycles. The number of pyridine rings is 1. The molecule has 2 N–H and O–H groups in total. The van der Waals surface area contributed by atoms with Crippen LogP contribution in [0.4, 0.5) is 5.13 Å². The molecule has 0 spiro atoms. The largest absolute Gasteiger partial charge is 0.507 e. The topological polar surface area (TPSA) is 130 Å². The molecular formula is C25H16ClN3O6S. The van der Waals surface area contributed by atoms with Crippen LogP contribution in [0.3, 0.4) is 0 Å². The monoisotopic (exact) mass is 521 g/mol. The third-order valence-corrected chi connectivity index (χ3v) is 7.02. The van der Waals surface area contributed by atoms with Crippen LogP contribution in [-0.2, 0) is 9.59 Å². The van der Waals surface area contributed by atoms with Crippen molar-refractivity contribution in [3.05, 3.63) is 88.2 Å². The number of aliphatic hydroxyl groups excluding tert-OH is 1. The summed E-state index contributed by atoms with van der Waals surface area (Å²) in [5.74, 6) is -3.04. The summed E-state index contributed by atoms with van der Waals surface area (Å²) in [7, 11) is 1.45. The first-order chi connectivity index (χ1) is 17.3. The first-order valence-electron chi connectivity index (χ1n) is 10.5. The number of aromatic nitrogens is 2. The number of amides is 1. The number of carbonyl (C=O) groups is 3. The Labute approximate surface area is 212 Å². The van der Waals surface area contributed by atoms with Gasteiger partial charge in [0.05, 0.1) is 39.2 Å². The predicted octanol–water partition coefficient (Wildman–Crippen LogP) is 4.68. The van der Waals surface area contributed by atoms with E-state index in [0.29, 0.717) is 21.7 Å². The average molecular weight is 522 g/mol. The fourth-order valence-corrected chi connectivity index (χ4v) is 5.19. The molecule has 1 atom stereocenters. The van der Waals surface area contributed by atoms with Crippen molar-refractivity contribution in [2.24, 2.45) is 0 Å². The predicted molar refractivity (Wildman–Crippen MR) is 134 cm³/mol. The molecule has 2 aromatic carbocycles. The Bertz CT molecular complexity index is 1580. The van der Waals surface area contributed by atoms with Gasteiger partial charge in [0.1, 0.15) is 17.6 Å². The van der Waals surface area contributed by atoms with Crippen molar-refractivity contribution in [1.82, 2.24) is 9.97 Å². The van der Waals surface area contributed by atoms with E-state index in [1.54, 1.807) is 24.3 Å². The lowest BCUT2D eigenvalue weighted by Gasteiger charge is -2.22. The zero-order valence-corrected chi connectivity index (χ0v) is 20.1. The van der Waals surface area contributed by atoms with Gasteiger partial charge in [0, 0.05) is 11.8 Å². The van der Waals surface area contributed by atoms with E-state index in [-0.39, 0.29) is 26.9 Å². The van der Waals surface area contributed by atoms with E-state index in [1.165, 1.54) is 43.6 Å². The smallest absolute Gasteiger partial charge is 0.335 e. The number of aromatic carboxylic acids is 1. The minimum absolute atomic E-state index is 0.0636. The number of rotatable bonds is 5. The van der Waals surface area contributed by atoms with Gasteiger partial charge in [-0.3, -0.25) is 19.5 Å². The molecule has 36 heavy (non-hydrogen) atoms. The molecule has 5 rings (SSSR count). The Morgan fingerprint density at radius 2 is 1.92 bits per heavy atom. The highest BCUT2D eigenvalue weighted by Crippen LogP contribution is 2.44. The van der Waals surface area contributed by atoms with Gasteiger partial charge in [0.2, 0.25) is 0 Å². The first kappa shape index (κ1) is 23.5. The van der Waals surface area contributed by atoms with Crippen LogP contribution in [0.25, 0.3) is 16.0 Å². The number of methoxy groups -OCH3 is 1. The Hall–Kier alpha value is -4.28. The van der Waals surface area contributed by atoms with Crippen molar-refractivity contribution in [3.8, 4) is 5.75 Å². The van der Waals surface area contributed by atoms with Gasteiger partial charge in [-0.15, -0.1) is 0 Å². The molecule has 3 heterocycles. The van der Waals surface area contributed by atoms with Gasteiger partial charge >= 0.3 is 11.9 Å². The lowest BCUT2D eigenvalue weighted by atomic mass is 9.98. The summed E-state index contributed by atoms with van der Waals surface area (Å²) in [5, 5.41) is 20.9. The van der Waals surface area contributed by atoms with E-state index in [0.717, 1.165) is 16.2 Å². The molecular weight excluding hydrogens is 506 g/mol. The fraction of sp³-hybridized carbons (Fsp3) is 0.0800. The number of Topliss-reactive ketones (excluding diaryl/α,β-unsaturated/α-hetero) is 1. The number of aliphatic hydroxyl groups is 1. The second kappa shape index (κ2) is 9.06. The van der Waals surface area contributed by atoms with Crippen LogP contribution < -0.4 is 9.64 Å². The summed E-state index contributed by atoms with van der Waals surface area (Å²) in [6, 6.07) is 12.8. The normalized spacial score (nSPS) is 17.1. The highest BCUT2D eigenvalue weighted by molar-refractivity contribution is 7.22. The van der Waals surface area contributed by atoms with Crippen molar-refractivity contribution in [2.45, 2.75) is 6.04 Å². The molecule has 180 valence electrons. The number of fused-ring (bicyclic) bond motifs is 1. The number of hydrogen-bond donors (Lipinski definition) is 2. The minimum atomic E-state index is -1.10. The van der Waals surface area contributed by atoms with Crippen molar-refractivity contribution >= 4 is 61.7 Å². The number of ketones is 1. The van der Waals surface area contributed by atoms with Gasteiger partial charge in [0.25, 0.3) is 5.78 Å². The molecule has 0 aliphatic carbocycles. The van der Waals surface area contributed by atoms with Crippen molar-refractivity contribution in [2.75, 3.05) is 12.0 Å². The van der Waals surface area contributed by atoms with E-state index in [1.807, 2.05) is 0 Å². The summed E-state index contributed by atoms with van der Waals surface area (Å²) in [4.78, 5) is 48.0. The van der Waals surface area contributed by atoms with Crippen molar-refractivity contribution in [1.29, 1.82) is 0 Å². The molecule has 0 radical (unpaired) electrons. The number of carboxylic acid groups (broad SMARTS) is 1. The third-order valence-electron chi connectivity index (χ3n) is 5.67. The summed E-state index contributed by atoms with van der Waals surface area (Å²) >= 11 is 7.37. The van der Waals surface area contributed by atoms with Crippen LogP contribution in [0.5, 0.6) is 5.75 Å². The molecule has 9 nitrogen and oxygen atoms in total. The molecule has 1 aliphatic rings. The molecule has 0 bridgehead atoms. The zero-order chi connectivity index (χ0) is 25.6. The number of thiazole rings is 1. The third kappa shape index (κ3) is 3.86. The lowest BCUT2D eigenvalue weighted by molar-refractivity contribution is -0.132. The van der Waals surface area contributed by atoms with Crippen LogP contribution >= 0.6 is 22.9 Å². The Balaban J connectivity index is 1.72. The van der Waals surface area contributed by atoms with Crippen LogP contribution in [-0.4, -0.2) is 45.0 Å². The molecule has 11 heteroatoms. The second-order valence-electron chi connectivity index (χ2n) is 7.75. The number of nitrogens with zero attached hydrogens (tertiary/aromatic N) is 3. The van der Waals surface area contributed by atoms with Gasteiger partial charge in [-0.05, 0) is 48.5 Å². The van der Waals surface area contributed by atoms with Crippen molar-refractivity contribution < 1.29 is 29.3 Å². The molecule has 0 saturated carbocycles. The standard InChI is InChI=1S/C25H16ClN3O6S/c1-35-13-6-7-15(26)14(11-13)21(30)19-20(17-4-2-3-9-27-17)29(23(32)22(19)31)25-28-16-8-5-12(24(33)34)10-18(16)36-25/h2-11,20,30H,1H3,(H,33,34)/b21-19+. The number of carboxylic acids is 1. The first-order valence-corrected chi connectivity index (χ1v) is 11.7. The van der Waals surface area contributed by atoms with Crippen LogP contribution in [0.1, 0.15) is 27.7 Å². The van der Waals surface area contributed by atoms with Crippen LogP contribution in [0, 0.1) is 0 Å². The SMILES string of the molecule is COc1ccc(Cl)c(/C(O)=C2\C(=O)C(=O)N(c3nc4ccc(C(=O)O)cc4s3)C2c2ccccn2)c1. The van der Waals surface area contributed by atoms with Gasteiger partial charge in [-0.2, -0.15) is 0 Å². The van der Waals surface area contributed by atoms with Gasteiger partial charge in [-0.25, -0.2) is 9.78 Å².